The van der Waals surface area contributed by atoms with Crippen LogP contribution in [-0.4, -0.2) is 17.3 Å². The first kappa shape index (κ1) is 9.21. The van der Waals surface area contributed by atoms with Gasteiger partial charge in [-0.15, -0.1) is 10.2 Å². The molecule has 0 spiro atoms. The first-order valence-corrected chi connectivity index (χ1v) is 4.70. The Labute approximate surface area is 89.0 Å². The summed E-state index contributed by atoms with van der Waals surface area (Å²) in [6.45, 7) is 0. The molecule has 5 heteroatoms. The highest BCUT2D eigenvalue weighted by molar-refractivity contribution is 9.10. The van der Waals surface area contributed by atoms with E-state index in [1.807, 2.05) is 18.2 Å². The average molecular weight is 255 g/mol. The molecule has 0 fully saturated rings. The number of nitrogens with zero attached hydrogens (tertiary/aromatic N) is 2. The highest BCUT2D eigenvalue weighted by atomic mass is 79.9. The first-order chi connectivity index (χ1) is 6.81. The lowest BCUT2D eigenvalue weighted by molar-refractivity contribution is 0.414. The molecule has 0 aliphatic carbocycles. The summed E-state index contributed by atoms with van der Waals surface area (Å²) in [7, 11) is 1.62. The normalized spacial score (nSPS) is 10.1. The molecule has 0 amide bonds. The summed E-state index contributed by atoms with van der Waals surface area (Å²) >= 11 is 3.40. The maximum atomic E-state index is 5.08. The van der Waals surface area contributed by atoms with Gasteiger partial charge in [0.25, 0.3) is 0 Å². The first-order valence-electron chi connectivity index (χ1n) is 3.91. The zero-order chi connectivity index (χ0) is 9.97. The van der Waals surface area contributed by atoms with Crippen LogP contribution in [0.5, 0.6) is 5.75 Å². The van der Waals surface area contributed by atoms with E-state index >= 15 is 0 Å². The molecule has 0 radical (unpaired) electrons. The zero-order valence-corrected chi connectivity index (χ0v) is 8.98. The largest absolute Gasteiger partial charge is 0.497 e. The molecule has 2 aromatic rings. The number of halogens is 1. The second-order valence-electron chi connectivity index (χ2n) is 2.59. The number of hydrogen-bond donors (Lipinski definition) is 0. The van der Waals surface area contributed by atoms with Gasteiger partial charge in [0, 0.05) is 4.47 Å². The van der Waals surface area contributed by atoms with Crippen molar-refractivity contribution in [2.45, 2.75) is 0 Å². The molecule has 2 rings (SSSR count). The Kier molecular flexibility index (Phi) is 2.49. The molecule has 1 aromatic heterocycles. The van der Waals surface area contributed by atoms with E-state index in [2.05, 4.69) is 26.1 Å². The fourth-order valence-corrected chi connectivity index (χ4v) is 1.61. The van der Waals surface area contributed by atoms with Crippen LogP contribution >= 0.6 is 15.9 Å². The van der Waals surface area contributed by atoms with Gasteiger partial charge in [-0.05, 0) is 34.1 Å². The van der Waals surface area contributed by atoms with E-state index in [-0.39, 0.29) is 0 Å². The summed E-state index contributed by atoms with van der Waals surface area (Å²) in [5.74, 6) is 1.26. The molecule has 0 saturated heterocycles. The molecule has 0 N–H and O–H groups in total. The standard InChI is InChI=1S/C9H7BrN2O2/c1-13-6-2-3-7(8(10)4-6)9-12-11-5-14-9/h2-5H,1H3. The van der Waals surface area contributed by atoms with Gasteiger partial charge in [-0.3, -0.25) is 0 Å². The van der Waals surface area contributed by atoms with Crippen molar-refractivity contribution < 1.29 is 9.15 Å². The maximum Gasteiger partial charge on any atom is 0.248 e. The molecule has 0 aliphatic heterocycles. The third kappa shape index (κ3) is 1.63. The minimum atomic E-state index is 0.486. The Morgan fingerprint density at radius 1 is 1.43 bits per heavy atom. The van der Waals surface area contributed by atoms with Crippen LogP contribution in [0.15, 0.2) is 33.5 Å². The smallest absolute Gasteiger partial charge is 0.248 e. The van der Waals surface area contributed by atoms with E-state index in [0.29, 0.717) is 5.89 Å². The molecule has 4 nitrogen and oxygen atoms in total. The molecule has 0 aliphatic rings. The van der Waals surface area contributed by atoms with Crippen LogP contribution in [0, 0.1) is 0 Å². The monoisotopic (exact) mass is 254 g/mol. The molecule has 14 heavy (non-hydrogen) atoms. The van der Waals surface area contributed by atoms with Crippen molar-refractivity contribution >= 4 is 15.9 Å². The maximum absolute atomic E-state index is 5.08. The fraction of sp³-hybridized carbons (Fsp3) is 0.111. The lowest BCUT2D eigenvalue weighted by atomic mass is 10.2. The van der Waals surface area contributed by atoms with Gasteiger partial charge in [0.1, 0.15) is 5.75 Å². The number of aromatic nitrogens is 2. The predicted molar refractivity (Wildman–Crippen MR) is 54.0 cm³/mol. The number of ether oxygens (including phenoxy) is 1. The van der Waals surface area contributed by atoms with Gasteiger partial charge in [-0.1, -0.05) is 0 Å². The van der Waals surface area contributed by atoms with Crippen LogP contribution in [-0.2, 0) is 0 Å². The third-order valence-electron chi connectivity index (χ3n) is 1.77. The van der Waals surface area contributed by atoms with Gasteiger partial charge in [-0.25, -0.2) is 0 Å². The Morgan fingerprint density at radius 3 is 2.86 bits per heavy atom. The van der Waals surface area contributed by atoms with Crippen molar-refractivity contribution in [3.8, 4) is 17.2 Å². The molecule has 0 atom stereocenters. The minimum Gasteiger partial charge on any atom is -0.497 e. The lowest BCUT2D eigenvalue weighted by Gasteiger charge is -2.02. The van der Waals surface area contributed by atoms with E-state index in [1.54, 1.807) is 7.11 Å². The highest BCUT2D eigenvalue weighted by Crippen LogP contribution is 2.29. The third-order valence-corrected chi connectivity index (χ3v) is 2.42. The Balaban J connectivity index is 2.46. The predicted octanol–water partition coefficient (Wildman–Crippen LogP) is 2.51. The molecule has 0 saturated carbocycles. The molecule has 72 valence electrons. The van der Waals surface area contributed by atoms with Crippen molar-refractivity contribution in [3.63, 3.8) is 0 Å². The molecule has 0 bridgehead atoms. The number of rotatable bonds is 2. The lowest BCUT2D eigenvalue weighted by Crippen LogP contribution is -1.85. The summed E-state index contributed by atoms with van der Waals surface area (Å²) < 4.78 is 11.0. The summed E-state index contributed by atoms with van der Waals surface area (Å²) in [4.78, 5) is 0. The van der Waals surface area contributed by atoms with E-state index < -0.39 is 0 Å². The number of hydrogen-bond acceptors (Lipinski definition) is 4. The van der Waals surface area contributed by atoms with Crippen molar-refractivity contribution in [2.75, 3.05) is 7.11 Å². The molecule has 1 heterocycles. The van der Waals surface area contributed by atoms with Crippen molar-refractivity contribution in [1.82, 2.24) is 10.2 Å². The van der Waals surface area contributed by atoms with Gasteiger partial charge < -0.3 is 9.15 Å². The second kappa shape index (κ2) is 3.79. The van der Waals surface area contributed by atoms with Crippen molar-refractivity contribution in [1.29, 1.82) is 0 Å². The number of benzene rings is 1. The van der Waals surface area contributed by atoms with Gasteiger partial charge >= 0.3 is 0 Å². The summed E-state index contributed by atoms with van der Waals surface area (Å²) in [5, 5.41) is 7.43. The fourth-order valence-electron chi connectivity index (χ4n) is 1.09. The van der Waals surface area contributed by atoms with E-state index in [9.17, 15) is 0 Å². The summed E-state index contributed by atoms with van der Waals surface area (Å²) in [6, 6.07) is 5.54. The molecular formula is C9H7BrN2O2. The van der Waals surface area contributed by atoms with E-state index in [1.165, 1.54) is 6.39 Å². The zero-order valence-electron chi connectivity index (χ0n) is 7.40. The van der Waals surface area contributed by atoms with Crippen LogP contribution < -0.4 is 4.74 Å². The Morgan fingerprint density at radius 2 is 2.29 bits per heavy atom. The molecule has 0 unspecified atom stereocenters. The van der Waals surface area contributed by atoms with Crippen molar-refractivity contribution in [3.05, 3.63) is 29.1 Å². The Bertz CT molecular complexity index is 428. The van der Waals surface area contributed by atoms with Crippen LogP contribution in [0.3, 0.4) is 0 Å². The molecular weight excluding hydrogens is 248 g/mol. The topological polar surface area (TPSA) is 48.2 Å². The van der Waals surface area contributed by atoms with Crippen LogP contribution in [0.4, 0.5) is 0 Å². The average Bonchev–Trinajstić information content (AvgIpc) is 2.70. The van der Waals surface area contributed by atoms with Gasteiger partial charge in [0.15, 0.2) is 0 Å². The van der Waals surface area contributed by atoms with Gasteiger partial charge in [0.2, 0.25) is 12.3 Å². The minimum absolute atomic E-state index is 0.486. The second-order valence-corrected chi connectivity index (χ2v) is 3.44. The van der Waals surface area contributed by atoms with E-state index in [4.69, 9.17) is 9.15 Å². The summed E-state index contributed by atoms with van der Waals surface area (Å²) in [6.07, 6.45) is 1.30. The highest BCUT2D eigenvalue weighted by Gasteiger charge is 2.08. The quantitative estimate of drug-likeness (QED) is 0.827. The molecule has 1 aromatic carbocycles. The van der Waals surface area contributed by atoms with Gasteiger partial charge in [0.05, 0.1) is 12.7 Å². The van der Waals surface area contributed by atoms with Crippen LogP contribution in [0.25, 0.3) is 11.5 Å². The number of methoxy groups -OCH3 is 1. The van der Waals surface area contributed by atoms with Crippen molar-refractivity contribution in [2.24, 2.45) is 0 Å². The summed E-state index contributed by atoms with van der Waals surface area (Å²) in [5.41, 5.74) is 0.850. The van der Waals surface area contributed by atoms with Crippen LogP contribution in [0.2, 0.25) is 0 Å². The van der Waals surface area contributed by atoms with Crippen LogP contribution in [0.1, 0.15) is 0 Å². The van der Waals surface area contributed by atoms with E-state index in [0.717, 1.165) is 15.8 Å². The Hall–Kier alpha value is -1.36. The van der Waals surface area contributed by atoms with Gasteiger partial charge in [-0.2, -0.15) is 0 Å². The SMILES string of the molecule is COc1ccc(-c2nnco2)c(Br)c1.